The molecule has 0 N–H and O–H groups in total. The number of carbonyl (C=O) groups excluding carboxylic acids is 1. The van der Waals surface area contributed by atoms with Crippen molar-refractivity contribution < 1.29 is 9.53 Å². The molecule has 0 radical (unpaired) electrons. The largest absolute Gasteiger partial charge is 0.462 e. The summed E-state index contributed by atoms with van der Waals surface area (Å²) < 4.78 is 7.62. The van der Waals surface area contributed by atoms with E-state index < -0.39 is 12.0 Å². The molecule has 1 aliphatic heterocycles. The van der Waals surface area contributed by atoms with Gasteiger partial charge in [-0.15, -0.1) is 11.8 Å². The number of nitrogens with zero attached hydrogens (tertiary/aromatic N) is 2. The Labute approximate surface area is 221 Å². The Balaban J connectivity index is 1.91. The third kappa shape index (κ3) is 5.43. The first-order chi connectivity index (χ1) is 16.7. The van der Waals surface area contributed by atoms with E-state index in [4.69, 9.17) is 27.9 Å². The van der Waals surface area contributed by atoms with Crippen LogP contribution in [0.5, 0.6) is 0 Å². The highest BCUT2D eigenvalue weighted by atomic mass is 35.5. The van der Waals surface area contributed by atoms with Gasteiger partial charge in [0.1, 0.15) is 0 Å². The first-order valence-electron chi connectivity index (χ1n) is 11.0. The molecule has 0 fully saturated rings. The van der Waals surface area contributed by atoms with Crippen LogP contribution in [0.25, 0.3) is 6.08 Å². The normalized spacial score (nSPS) is 15.9. The third-order valence-electron chi connectivity index (χ3n) is 5.47. The van der Waals surface area contributed by atoms with Gasteiger partial charge in [-0.1, -0.05) is 66.6 Å². The molecule has 0 saturated carbocycles. The third-order valence-corrected chi connectivity index (χ3v) is 7.76. The van der Waals surface area contributed by atoms with Crippen molar-refractivity contribution in [3.63, 3.8) is 0 Å². The number of carbonyl (C=O) groups is 1. The maximum Gasteiger partial charge on any atom is 0.338 e. The number of aromatic nitrogens is 1. The summed E-state index contributed by atoms with van der Waals surface area (Å²) in [6.07, 6.45) is 3.73. The molecule has 1 unspecified atom stereocenters. The van der Waals surface area contributed by atoms with Crippen molar-refractivity contribution in [1.29, 1.82) is 0 Å². The van der Waals surface area contributed by atoms with Gasteiger partial charge in [0, 0.05) is 14.9 Å². The molecule has 0 saturated heterocycles. The predicted molar refractivity (Wildman–Crippen MR) is 144 cm³/mol. The zero-order valence-corrected chi connectivity index (χ0v) is 22.8. The summed E-state index contributed by atoms with van der Waals surface area (Å²) in [5, 5.41) is 0.962. The molecule has 1 atom stereocenters. The van der Waals surface area contributed by atoms with E-state index >= 15 is 0 Å². The predicted octanol–water partition coefficient (Wildman–Crippen LogP) is 5.46. The summed E-state index contributed by atoms with van der Waals surface area (Å²) in [5.74, 6) is -0.279. The summed E-state index contributed by atoms with van der Waals surface area (Å²) in [7, 11) is 0. The molecule has 0 bridgehead atoms. The van der Waals surface area contributed by atoms with E-state index in [1.807, 2.05) is 44.4 Å². The Morgan fingerprint density at radius 3 is 2.57 bits per heavy atom. The molecule has 2 aromatic carbocycles. The van der Waals surface area contributed by atoms with E-state index in [0.29, 0.717) is 36.2 Å². The van der Waals surface area contributed by atoms with Crippen molar-refractivity contribution in [1.82, 2.24) is 4.57 Å². The van der Waals surface area contributed by atoms with Crippen molar-refractivity contribution in [3.8, 4) is 0 Å². The Kier molecular flexibility index (Phi) is 7.91. The molecule has 2 heterocycles. The minimum absolute atomic E-state index is 0.185. The van der Waals surface area contributed by atoms with E-state index in [0.717, 1.165) is 10.5 Å². The minimum atomic E-state index is -0.648. The molecular weight excluding hydrogens is 523 g/mol. The molecule has 1 aromatic heterocycles. The lowest BCUT2D eigenvalue weighted by Crippen LogP contribution is -2.40. The summed E-state index contributed by atoms with van der Waals surface area (Å²) in [4.78, 5) is 33.1. The van der Waals surface area contributed by atoms with Gasteiger partial charge in [0.25, 0.3) is 5.56 Å². The summed E-state index contributed by atoms with van der Waals surface area (Å²) >= 11 is 15.2. The van der Waals surface area contributed by atoms with Crippen LogP contribution in [0.2, 0.25) is 10.0 Å². The average molecular weight is 548 g/mol. The second-order valence-corrected chi connectivity index (χ2v) is 11.2. The molecule has 3 aromatic rings. The first kappa shape index (κ1) is 25.8. The first-order valence-corrected chi connectivity index (χ1v) is 13.8. The maximum absolute atomic E-state index is 13.7. The van der Waals surface area contributed by atoms with Gasteiger partial charge < -0.3 is 4.74 Å². The van der Waals surface area contributed by atoms with E-state index in [1.54, 1.807) is 47.5 Å². The highest BCUT2D eigenvalue weighted by Gasteiger charge is 2.33. The molecule has 4 rings (SSSR count). The zero-order chi connectivity index (χ0) is 25.3. The van der Waals surface area contributed by atoms with E-state index in [1.165, 1.54) is 11.3 Å². The van der Waals surface area contributed by atoms with E-state index in [-0.39, 0.29) is 18.1 Å². The fourth-order valence-corrected chi connectivity index (χ4v) is 5.67. The van der Waals surface area contributed by atoms with Crippen LogP contribution in [0, 0.1) is 5.92 Å². The fraction of sp³-hybridized carbons (Fsp3) is 0.269. The van der Waals surface area contributed by atoms with Crippen LogP contribution < -0.4 is 14.9 Å². The molecule has 9 heteroatoms. The minimum Gasteiger partial charge on any atom is -0.462 e. The number of rotatable bonds is 6. The van der Waals surface area contributed by atoms with E-state index in [2.05, 4.69) is 4.99 Å². The fourth-order valence-electron chi connectivity index (χ4n) is 3.76. The molecule has 0 spiro atoms. The van der Waals surface area contributed by atoms with Gasteiger partial charge in [0.15, 0.2) is 4.80 Å². The van der Waals surface area contributed by atoms with Crippen LogP contribution in [0.15, 0.2) is 68.4 Å². The van der Waals surface area contributed by atoms with Crippen LogP contribution in [-0.2, 0) is 9.53 Å². The van der Waals surface area contributed by atoms with Gasteiger partial charge in [-0.2, -0.15) is 0 Å². The standard InChI is InChI=1S/C26H24Cl2N2O3S2/c1-14(2)13-33-25(32)22-15(3)29-26-30(23(22)16-6-9-19(34-4)10-7-16)24(31)21(35-26)11-17-5-8-18(27)12-20(17)28/h5-12,14,23H,13H2,1-4H3. The average Bonchev–Trinajstić information content (AvgIpc) is 3.13. The number of fused-ring (bicyclic) bond motifs is 1. The smallest absolute Gasteiger partial charge is 0.338 e. The van der Waals surface area contributed by atoms with Gasteiger partial charge in [-0.05, 0) is 60.6 Å². The van der Waals surface area contributed by atoms with Crippen molar-refractivity contribution in [2.75, 3.05) is 12.9 Å². The molecule has 182 valence electrons. The van der Waals surface area contributed by atoms with Crippen molar-refractivity contribution in [3.05, 3.63) is 94.6 Å². The molecule has 1 aliphatic rings. The summed E-state index contributed by atoms with van der Waals surface area (Å²) in [5.41, 5.74) is 2.14. The molecule has 5 nitrogen and oxygen atoms in total. The number of hydrogen-bond acceptors (Lipinski definition) is 6. The number of esters is 1. The monoisotopic (exact) mass is 546 g/mol. The van der Waals surface area contributed by atoms with Crippen LogP contribution in [0.1, 0.15) is 37.9 Å². The van der Waals surface area contributed by atoms with Crippen molar-refractivity contribution >= 4 is 58.3 Å². The highest BCUT2D eigenvalue weighted by molar-refractivity contribution is 7.98. The molecular formula is C26H24Cl2N2O3S2. The molecule has 0 aliphatic carbocycles. The number of hydrogen-bond donors (Lipinski definition) is 0. The number of thioether (sulfide) groups is 1. The van der Waals surface area contributed by atoms with Gasteiger partial charge in [0.2, 0.25) is 0 Å². The Morgan fingerprint density at radius 1 is 1.23 bits per heavy atom. The number of allylic oxidation sites excluding steroid dienone is 1. The number of benzene rings is 2. The Bertz CT molecular complexity index is 1490. The van der Waals surface area contributed by atoms with Crippen molar-refractivity contribution in [2.24, 2.45) is 10.9 Å². The number of ether oxygens (including phenoxy) is 1. The second-order valence-electron chi connectivity index (χ2n) is 8.51. The van der Waals surface area contributed by atoms with Crippen LogP contribution >= 0.6 is 46.3 Å². The lowest BCUT2D eigenvalue weighted by atomic mass is 9.96. The molecule has 35 heavy (non-hydrogen) atoms. The lowest BCUT2D eigenvalue weighted by molar-refractivity contribution is -0.140. The van der Waals surface area contributed by atoms with Crippen LogP contribution in [-0.4, -0.2) is 23.4 Å². The van der Waals surface area contributed by atoms with Crippen LogP contribution in [0.3, 0.4) is 0 Å². The SMILES string of the molecule is CSc1ccc(C2C(C(=O)OCC(C)C)=C(C)N=c3sc(=Cc4ccc(Cl)cc4Cl)c(=O)n32)cc1. The Hall–Kier alpha value is -2.32. The van der Waals surface area contributed by atoms with Gasteiger partial charge in [0.05, 0.1) is 28.5 Å². The molecule has 0 amide bonds. The van der Waals surface area contributed by atoms with Crippen molar-refractivity contribution in [2.45, 2.75) is 31.7 Å². The summed E-state index contributed by atoms with van der Waals surface area (Å²) in [6.45, 7) is 6.02. The second kappa shape index (κ2) is 10.7. The summed E-state index contributed by atoms with van der Waals surface area (Å²) in [6, 6.07) is 12.3. The van der Waals surface area contributed by atoms with Gasteiger partial charge in [-0.25, -0.2) is 9.79 Å². The number of halogens is 2. The quantitative estimate of drug-likeness (QED) is 0.304. The van der Waals surface area contributed by atoms with Crippen LogP contribution in [0.4, 0.5) is 0 Å². The number of thiazole rings is 1. The highest BCUT2D eigenvalue weighted by Crippen LogP contribution is 2.32. The maximum atomic E-state index is 13.7. The van der Waals surface area contributed by atoms with Gasteiger partial charge >= 0.3 is 5.97 Å². The zero-order valence-electron chi connectivity index (χ0n) is 19.7. The van der Waals surface area contributed by atoms with Gasteiger partial charge in [-0.3, -0.25) is 9.36 Å². The Morgan fingerprint density at radius 2 is 1.94 bits per heavy atom. The topological polar surface area (TPSA) is 60.7 Å². The van der Waals surface area contributed by atoms with E-state index in [9.17, 15) is 9.59 Å². The lowest BCUT2D eigenvalue weighted by Gasteiger charge is -2.25.